The van der Waals surface area contributed by atoms with Gasteiger partial charge in [0.25, 0.3) is 0 Å². The highest BCUT2D eigenvalue weighted by atomic mass is 19.1. The first-order valence-corrected chi connectivity index (χ1v) is 5.97. The van der Waals surface area contributed by atoms with Gasteiger partial charge in [0.1, 0.15) is 12.0 Å². The minimum atomic E-state index is -1.36. The topological polar surface area (TPSA) is 20.3 Å². The first-order valence-electron chi connectivity index (χ1n) is 5.97. The molecular weight excluding hydrogens is 217 g/mol. The molecule has 0 saturated carbocycles. The van der Waals surface area contributed by atoms with Gasteiger partial charge in [-0.15, -0.1) is 0 Å². The van der Waals surface area contributed by atoms with Crippen molar-refractivity contribution < 1.29 is 9.18 Å². The molecule has 2 atom stereocenters. The summed E-state index contributed by atoms with van der Waals surface area (Å²) < 4.78 is 14.9. The predicted octanol–water partition coefficient (Wildman–Crippen LogP) is 2.64. The molecule has 0 radical (unpaired) electrons. The van der Waals surface area contributed by atoms with E-state index in [1.165, 1.54) is 0 Å². The maximum absolute atomic E-state index is 14.9. The lowest BCUT2D eigenvalue weighted by Gasteiger charge is -2.28. The van der Waals surface area contributed by atoms with E-state index in [2.05, 4.69) is 4.90 Å². The van der Waals surface area contributed by atoms with E-state index >= 15 is 0 Å². The molecular formula is C14H18FNO. The summed E-state index contributed by atoms with van der Waals surface area (Å²) in [4.78, 5) is 12.9. The number of nitrogens with zero attached hydrogens (tertiary/aromatic N) is 1. The number of benzene rings is 1. The zero-order chi connectivity index (χ0) is 12.5. The van der Waals surface area contributed by atoms with Crippen LogP contribution in [0.25, 0.3) is 0 Å². The SMILES string of the molecule is CN1CCC(C(C)(F)c2cccc(C=O)c2)C1. The van der Waals surface area contributed by atoms with Crippen molar-refractivity contribution in [2.45, 2.75) is 19.0 Å². The molecule has 1 aromatic rings. The fraction of sp³-hybridized carbons (Fsp3) is 0.500. The van der Waals surface area contributed by atoms with Crippen LogP contribution in [0.15, 0.2) is 24.3 Å². The minimum absolute atomic E-state index is 0.00871. The quantitative estimate of drug-likeness (QED) is 0.751. The molecule has 2 unspecified atom stereocenters. The van der Waals surface area contributed by atoms with Crippen molar-refractivity contribution in [3.8, 4) is 0 Å². The second-order valence-electron chi connectivity index (χ2n) is 5.07. The fourth-order valence-corrected chi connectivity index (χ4v) is 2.53. The largest absolute Gasteiger partial charge is 0.306 e. The molecule has 0 amide bonds. The van der Waals surface area contributed by atoms with Crippen molar-refractivity contribution >= 4 is 6.29 Å². The van der Waals surface area contributed by atoms with E-state index in [-0.39, 0.29) is 5.92 Å². The molecule has 1 aliphatic rings. The van der Waals surface area contributed by atoms with Gasteiger partial charge in [0.2, 0.25) is 0 Å². The van der Waals surface area contributed by atoms with Crippen molar-refractivity contribution in [3.63, 3.8) is 0 Å². The van der Waals surface area contributed by atoms with Crippen LogP contribution in [0.2, 0.25) is 0 Å². The number of likely N-dealkylation sites (tertiary alicyclic amines) is 1. The molecule has 3 heteroatoms. The van der Waals surface area contributed by atoms with Gasteiger partial charge in [-0.05, 0) is 38.6 Å². The summed E-state index contributed by atoms with van der Waals surface area (Å²) in [6.45, 7) is 3.34. The standard InChI is InChI=1S/C14H18FNO/c1-14(15,13-6-7-16(2)9-13)12-5-3-4-11(8-12)10-17/h3-5,8,10,13H,6-7,9H2,1-2H3. The van der Waals surface area contributed by atoms with Gasteiger partial charge in [0, 0.05) is 18.0 Å². The van der Waals surface area contributed by atoms with E-state index in [9.17, 15) is 9.18 Å². The Labute approximate surface area is 101 Å². The van der Waals surface area contributed by atoms with Gasteiger partial charge in [-0.3, -0.25) is 4.79 Å². The number of halogens is 1. The third kappa shape index (κ3) is 2.39. The molecule has 17 heavy (non-hydrogen) atoms. The molecule has 1 saturated heterocycles. The first kappa shape index (κ1) is 12.2. The Bertz CT molecular complexity index is 416. The van der Waals surface area contributed by atoms with Crippen molar-refractivity contribution in [1.82, 2.24) is 4.90 Å². The van der Waals surface area contributed by atoms with Crippen molar-refractivity contribution in [2.75, 3.05) is 20.1 Å². The zero-order valence-corrected chi connectivity index (χ0v) is 10.3. The van der Waals surface area contributed by atoms with Crippen molar-refractivity contribution in [2.24, 2.45) is 5.92 Å². The van der Waals surface area contributed by atoms with Crippen LogP contribution in [-0.2, 0) is 5.67 Å². The highest BCUT2D eigenvalue weighted by Gasteiger charge is 2.39. The number of hydrogen-bond donors (Lipinski definition) is 0. The predicted molar refractivity (Wildman–Crippen MR) is 65.9 cm³/mol. The second kappa shape index (κ2) is 4.57. The number of hydrogen-bond acceptors (Lipinski definition) is 2. The Morgan fingerprint density at radius 1 is 1.53 bits per heavy atom. The van der Waals surface area contributed by atoms with E-state index in [0.717, 1.165) is 25.8 Å². The van der Waals surface area contributed by atoms with Crippen molar-refractivity contribution in [1.29, 1.82) is 0 Å². The maximum Gasteiger partial charge on any atom is 0.150 e. The average molecular weight is 235 g/mol. The summed E-state index contributed by atoms with van der Waals surface area (Å²) in [5, 5.41) is 0. The van der Waals surface area contributed by atoms with Gasteiger partial charge in [0.15, 0.2) is 0 Å². The van der Waals surface area contributed by atoms with Crippen LogP contribution in [0.5, 0.6) is 0 Å². The number of rotatable bonds is 3. The second-order valence-corrected chi connectivity index (χ2v) is 5.07. The highest BCUT2D eigenvalue weighted by molar-refractivity contribution is 5.75. The third-order valence-corrected chi connectivity index (χ3v) is 3.75. The summed E-state index contributed by atoms with van der Waals surface area (Å²) in [6, 6.07) is 6.87. The van der Waals surface area contributed by atoms with Gasteiger partial charge < -0.3 is 4.90 Å². The number of aldehydes is 1. The molecule has 2 nitrogen and oxygen atoms in total. The molecule has 0 bridgehead atoms. The molecule has 1 aliphatic heterocycles. The van der Waals surface area contributed by atoms with E-state index in [4.69, 9.17) is 0 Å². The molecule has 2 rings (SSSR count). The van der Waals surface area contributed by atoms with E-state index in [1.807, 2.05) is 7.05 Å². The minimum Gasteiger partial charge on any atom is -0.306 e. The van der Waals surface area contributed by atoms with Gasteiger partial charge >= 0.3 is 0 Å². The smallest absolute Gasteiger partial charge is 0.150 e. The van der Waals surface area contributed by atoms with Crippen molar-refractivity contribution in [3.05, 3.63) is 35.4 Å². The molecule has 1 heterocycles. The van der Waals surface area contributed by atoms with E-state index < -0.39 is 5.67 Å². The molecule has 1 aromatic carbocycles. The summed E-state index contributed by atoms with van der Waals surface area (Å²) in [5.74, 6) is 0.00871. The van der Waals surface area contributed by atoms with Crippen LogP contribution < -0.4 is 0 Å². The lowest BCUT2D eigenvalue weighted by Crippen LogP contribution is -2.29. The average Bonchev–Trinajstić information content (AvgIpc) is 2.76. The molecule has 0 N–H and O–H groups in total. The summed E-state index contributed by atoms with van der Waals surface area (Å²) in [6.07, 6.45) is 1.63. The normalized spacial score (nSPS) is 24.5. The van der Waals surface area contributed by atoms with Crippen LogP contribution in [0.3, 0.4) is 0 Å². The van der Waals surface area contributed by atoms with Crippen LogP contribution in [0, 0.1) is 5.92 Å². The lowest BCUT2D eigenvalue weighted by molar-refractivity contribution is 0.105. The Balaban J connectivity index is 2.27. The van der Waals surface area contributed by atoms with Gasteiger partial charge in [-0.2, -0.15) is 0 Å². The monoisotopic (exact) mass is 235 g/mol. The summed E-state index contributed by atoms with van der Waals surface area (Å²) in [5.41, 5.74) is -0.204. The summed E-state index contributed by atoms with van der Waals surface area (Å²) >= 11 is 0. The van der Waals surface area contributed by atoms with Crippen LogP contribution in [-0.4, -0.2) is 31.3 Å². The van der Waals surface area contributed by atoms with E-state index in [1.54, 1.807) is 31.2 Å². The van der Waals surface area contributed by atoms with Crippen LogP contribution in [0.1, 0.15) is 29.3 Å². The number of alkyl halides is 1. The first-order chi connectivity index (χ1) is 8.04. The van der Waals surface area contributed by atoms with E-state index in [0.29, 0.717) is 11.1 Å². The Morgan fingerprint density at radius 3 is 2.88 bits per heavy atom. The zero-order valence-electron chi connectivity index (χ0n) is 10.3. The molecule has 92 valence electrons. The molecule has 0 aliphatic carbocycles. The third-order valence-electron chi connectivity index (χ3n) is 3.75. The Kier molecular flexibility index (Phi) is 3.29. The van der Waals surface area contributed by atoms with Gasteiger partial charge in [-0.25, -0.2) is 4.39 Å². The number of carbonyl (C=O) groups is 1. The highest BCUT2D eigenvalue weighted by Crippen LogP contribution is 2.38. The lowest BCUT2D eigenvalue weighted by atomic mass is 9.83. The Hall–Kier alpha value is -1.22. The fourth-order valence-electron chi connectivity index (χ4n) is 2.53. The van der Waals surface area contributed by atoms with Gasteiger partial charge in [-0.1, -0.05) is 18.2 Å². The van der Waals surface area contributed by atoms with Crippen LogP contribution in [0.4, 0.5) is 4.39 Å². The molecule has 1 fully saturated rings. The molecule has 0 spiro atoms. The van der Waals surface area contributed by atoms with Gasteiger partial charge in [0.05, 0.1) is 0 Å². The molecule has 0 aromatic heterocycles. The Morgan fingerprint density at radius 2 is 2.29 bits per heavy atom. The summed E-state index contributed by atoms with van der Waals surface area (Å²) in [7, 11) is 2.01. The maximum atomic E-state index is 14.9. The van der Waals surface area contributed by atoms with Crippen LogP contribution >= 0.6 is 0 Å². The number of carbonyl (C=O) groups excluding carboxylic acids is 1.